The van der Waals surface area contributed by atoms with Crippen LogP contribution in [-0.4, -0.2) is 21.2 Å². The minimum Gasteiger partial charge on any atom is -0.348 e. The van der Waals surface area contributed by atoms with Crippen molar-refractivity contribution in [1.29, 1.82) is 0 Å². The summed E-state index contributed by atoms with van der Waals surface area (Å²) < 4.78 is 4.49. The number of aromatic nitrogens is 3. The van der Waals surface area contributed by atoms with E-state index in [2.05, 4.69) is 51.7 Å². The fourth-order valence-electron chi connectivity index (χ4n) is 2.64. The van der Waals surface area contributed by atoms with Crippen molar-refractivity contribution in [2.45, 2.75) is 52.2 Å². The first-order valence-electron chi connectivity index (χ1n) is 7.60. The first-order chi connectivity index (χ1) is 9.78. The van der Waals surface area contributed by atoms with Crippen LogP contribution in [0.25, 0.3) is 0 Å². The Balaban J connectivity index is 2.07. The van der Waals surface area contributed by atoms with Gasteiger partial charge in [-0.3, -0.25) is 0 Å². The SMILES string of the molecule is CCCC(NC)c1ccn(Cc2cncn2CCC)c1. The van der Waals surface area contributed by atoms with Crippen molar-refractivity contribution in [3.63, 3.8) is 0 Å². The minimum absolute atomic E-state index is 0.460. The van der Waals surface area contributed by atoms with E-state index in [-0.39, 0.29) is 0 Å². The molecule has 1 unspecified atom stereocenters. The van der Waals surface area contributed by atoms with Crippen LogP contribution in [0.5, 0.6) is 0 Å². The van der Waals surface area contributed by atoms with Crippen molar-refractivity contribution in [2.24, 2.45) is 0 Å². The monoisotopic (exact) mass is 274 g/mol. The van der Waals surface area contributed by atoms with Gasteiger partial charge in [-0.1, -0.05) is 20.3 Å². The van der Waals surface area contributed by atoms with E-state index in [1.165, 1.54) is 24.1 Å². The molecule has 4 nitrogen and oxygen atoms in total. The van der Waals surface area contributed by atoms with Gasteiger partial charge in [0.05, 0.1) is 18.6 Å². The summed E-state index contributed by atoms with van der Waals surface area (Å²) in [5.41, 5.74) is 2.64. The lowest BCUT2D eigenvalue weighted by Gasteiger charge is -2.13. The predicted molar refractivity (Wildman–Crippen MR) is 82.8 cm³/mol. The van der Waals surface area contributed by atoms with E-state index in [1.807, 2.05) is 19.6 Å². The highest BCUT2D eigenvalue weighted by Crippen LogP contribution is 2.19. The predicted octanol–water partition coefficient (Wildman–Crippen LogP) is 3.20. The largest absolute Gasteiger partial charge is 0.348 e. The molecule has 2 aromatic heterocycles. The Hall–Kier alpha value is -1.55. The van der Waals surface area contributed by atoms with Gasteiger partial charge in [-0.15, -0.1) is 0 Å². The normalized spacial score (nSPS) is 12.8. The molecule has 0 aliphatic heterocycles. The molecule has 1 N–H and O–H groups in total. The molecular formula is C16H26N4. The highest BCUT2D eigenvalue weighted by molar-refractivity contribution is 5.16. The summed E-state index contributed by atoms with van der Waals surface area (Å²) in [6, 6.07) is 2.68. The van der Waals surface area contributed by atoms with Crippen molar-refractivity contribution in [1.82, 2.24) is 19.4 Å². The Morgan fingerprint density at radius 3 is 2.85 bits per heavy atom. The lowest BCUT2D eigenvalue weighted by molar-refractivity contribution is 0.540. The van der Waals surface area contributed by atoms with E-state index in [4.69, 9.17) is 0 Å². The van der Waals surface area contributed by atoms with Crippen LogP contribution in [0.1, 0.15) is 50.4 Å². The zero-order valence-corrected chi connectivity index (χ0v) is 12.8. The summed E-state index contributed by atoms with van der Waals surface area (Å²) in [6.07, 6.45) is 11.8. The standard InChI is InChI=1S/C16H26N4/c1-4-6-16(17-3)14-7-9-19(11-14)12-15-10-18-13-20(15)8-5-2/h7,9-11,13,16-17H,4-6,8,12H2,1-3H3. The smallest absolute Gasteiger partial charge is 0.0948 e. The second kappa shape index (κ2) is 7.29. The van der Waals surface area contributed by atoms with Gasteiger partial charge in [0, 0.05) is 31.2 Å². The fraction of sp³-hybridized carbons (Fsp3) is 0.562. The van der Waals surface area contributed by atoms with Crippen LogP contribution in [0.3, 0.4) is 0 Å². The van der Waals surface area contributed by atoms with Crippen LogP contribution in [-0.2, 0) is 13.1 Å². The lowest BCUT2D eigenvalue weighted by atomic mass is 10.1. The Kier molecular flexibility index (Phi) is 5.41. The average Bonchev–Trinajstić information content (AvgIpc) is 3.07. The van der Waals surface area contributed by atoms with Crippen molar-refractivity contribution in [3.8, 4) is 0 Å². The van der Waals surface area contributed by atoms with Gasteiger partial charge in [-0.05, 0) is 31.5 Å². The molecule has 1 atom stereocenters. The number of imidazole rings is 1. The molecule has 0 saturated carbocycles. The summed E-state index contributed by atoms with van der Waals surface area (Å²) in [5, 5.41) is 3.39. The van der Waals surface area contributed by atoms with Gasteiger partial charge in [0.2, 0.25) is 0 Å². The van der Waals surface area contributed by atoms with Gasteiger partial charge in [0.1, 0.15) is 0 Å². The molecule has 2 aromatic rings. The molecule has 0 radical (unpaired) electrons. The van der Waals surface area contributed by atoms with Crippen molar-refractivity contribution < 1.29 is 0 Å². The number of hydrogen-bond donors (Lipinski definition) is 1. The summed E-state index contributed by atoms with van der Waals surface area (Å²) in [7, 11) is 2.04. The van der Waals surface area contributed by atoms with E-state index in [0.29, 0.717) is 6.04 Å². The molecule has 0 bridgehead atoms. The molecule has 4 heteroatoms. The molecule has 0 saturated heterocycles. The summed E-state index contributed by atoms with van der Waals surface area (Å²) in [4.78, 5) is 4.26. The number of rotatable bonds is 8. The van der Waals surface area contributed by atoms with Crippen molar-refractivity contribution in [3.05, 3.63) is 42.2 Å². The van der Waals surface area contributed by atoms with Crippen LogP contribution in [0.2, 0.25) is 0 Å². The van der Waals surface area contributed by atoms with Crippen molar-refractivity contribution in [2.75, 3.05) is 7.05 Å². The molecular weight excluding hydrogens is 248 g/mol. The molecule has 2 rings (SSSR count). The third-order valence-corrected chi connectivity index (χ3v) is 3.71. The van der Waals surface area contributed by atoms with E-state index in [9.17, 15) is 0 Å². The number of nitrogens with zero attached hydrogens (tertiary/aromatic N) is 3. The summed E-state index contributed by atoms with van der Waals surface area (Å²) >= 11 is 0. The van der Waals surface area contributed by atoms with E-state index in [0.717, 1.165) is 19.5 Å². The summed E-state index contributed by atoms with van der Waals surface area (Å²) in [6.45, 7) is 6.35. The molecule has 0 aliphatic carbocycles. The molecule has 110 valence electrons. The van der Waals surface area contributed by atoms with Gasteiger partial charge >= 0.3 is 0 Å². The molecule has 2 heterocycles. The highest BCUT2D eigenvalue weighted by atomic mass is 15.1. The van der Waals surface area contributed by atoms with E-state index in [1.54, 1.807) is 0 Å². The zero-order valence-electron chi connectivity index (χ0n) is 12.8. The Morgan fingerprint density at radius 1 is 1.30 bits per heavy atom. The fourth-order valence-corrected chi connectivity index (χ4v) is 2.64. The molecule has 0 aromatic carbocycles. The van der Waals surface area contributed by atoms with Gasteiger partial charge < -0.3 is 14.5 Å². The Morgan fingerprint density at radius 2 is 2.15 bits per heavy atom. The van der Waals surface area contributed by atoms with Gasteiger partial charge in [0.25, 0.3) is 0 Å². The van der Waals surface area contributed by atoms with E-state index < -0.39 is 0 Å². The van der Waals surface area contributed by atoms with Crippen molar-refractivity contribution >= 4 is 0 Å². The van der Waals surface area contributed by atoms with Gasteiger partial charge in [-0.2, -0.15) is 0 Å². The number of aryl methyl sites for hydroxylation is 1. The van der Waals surface area contributed by atoms with Crippen LogP contribution in [0.4, 0.5) is 0 Å². The quantitative estimate of drug-likeness (QED) is 0.802. The van der Waals surface area contributed by atoms with Crippen LogP contribution in [0, 0.1) is 0 Å². The van der Waals surface area contributed by atoms with Gasteiger partial charge in [-0.25, -0.2) is 4.98 Å². The number of hydrogen-bond acceptors (Lipinski definition) is 2. The summed E-state index contributed by atoms with van der Waals surface area (Å²) in [5.74, 6) is 0. The second-order valence-corrected chi connectivity index (χ2v) is 5.33. The van der Waals surface area contributed by atoms with Crippen LogP contribution >= 0.6 is 0 Å². The van der Waals surface area contributed by atoms with Gasteiger partial charge in [0.15, 0.2) is 0 Å². The maximum atomic E-state index is 4.26. The first kappa shape index (κ1) is 14.9. The maximum absolute atomic E-state index is 4.26. The molecule has 0 amide bonds. The minimum atomic E-state index is 0.460. The number of nitrogens with one attached hydrogen (secondary N) is 1. The molecule has 20 heavy (non-hydrogen) atoms. The van der Waals surface area contributed by atoms with E-state index >= 15 is 0 Å². The second-order valence-electron chi connectivity index (χ2n) is 5.33. The third kappa shape index (κ3) is 3.51. The maximum Gasteiger partial charge on any atom is 0.0948 e. The molecule has 0 spiro atoms. The Bertz CT molecular complexity index is 512. The zero-order chi connectivity index (χ0) is 14.4. The topological polar surface area (TPSA) is 34.8 Å². The average molecular weight is 274 g/mol. The molecule has 0 fully saturated rings. The molecule has 0 aliphatic rings. The lowest BCUT2D eigenvalue weighted by Crippen LogP contribution is -2.15. The van der Waals surface area contributed by atoms with Crippen LogP contribution in [0.15, 0.2) is 31.0 Å². The third-order valence-electron chi connectivity index (χ3n) is 3.71. The van der Waals surface area contributed by atoms with Crippen LogP contribution < -0.4 is 5.32 Å². The Labute approximate surface area is 121 Å². The highest BCUT2D eigenvalue weighted by Gasteiger charge is 2.10. The first-order valence-corrected chi connectivity index (χ1v) is 7.60.